The van der Waals surface area contributed by atoms with Crippen molar-refractivity contribution in [2.24, 2.45) is 0 Å². The minimum Gasteiger partial charge on any atom is -0.495 e. The van der Waals surface area contributed by atoms with Gasteiger partial charge in [-0.2, -0.15) is 0 Å². The molecule has 0 aliphatic carbocycles. The average Bonchev–Trinajstić information content (AvgIpc) is 2.55. The Labute approximate surface area is 150 Å². The Morgan fingerprint density at radius 1 is 0.833 bits per heavy atom. The first-order valence-corrected chi connectivity index (χ1v) is 8.84. The quantitative estimate of drug-likeness (QED) is 0.809. The maximum atomic E-state index is 12.6. The van der Waals surface area contributed by atoms with Gasteiger partial charge >= 0.3 is 0 Å². The molecule has 24 heavy (non-hydrogen) atoms. The molecule has 0 unspecified atom stereocenters. The summed E-state index contributed by atoms with van der Waals surface area (Å²) in [4.78, 5) is -0.0238. The van der Waals surface area contributed by atoms with E-state index in [9.17, 15) is 8.42 Å². The Balaban J connectivity index is 2.44. The molecule has 2 aromatic rings. The van der Waals surface area contributed by atoms with Crippen molar-refractivity contribution in [1.29, 1.82) is 0 Å². The fourth-order valence-electron chi connectivity index (χ4n) is 1.96. The van der Waals surface area contributed by atoms with E-state index in [1.54, 1.807) is 0 Å². The molecule has 0 amide bonds. The van der Waals surface area contributed by atoms with Gasteiger partial charge in [0.05, 0.1) is 42.0 Å². The van der Waals surface area contributed by atoms with Crippen molar-refractivity contribution < 1.29 is 22.6 Å². The summed E-state index contributed by atoms with van der Waals surface area (Å²) < 4.78 is 42.8. The highest BCUT2D eigenvalue weighted by Gasteiger charge is 2.20. The number of halogens is 2. The molecule has 0 saturated carbocycles. The highest BCUT2D eigenvalue weighted by molar-refractivity contribution is 7.92. The van der Waals surface area contributed by atoms with Crippen molar-refractivity contribution in [3.63, 3.8) is 0 Å². The van der Waals surface area contributed by atoms with E-state index in [1.165, 1.54) is 51.7 Å². The molecule has 0 heterocycles. The number of methoxy groups -OCH3 is 3. The molecule has 0 fully saturated rings. The summed E-state index contributed by atoms with van der Waals surface area (Å²) in [7, 11) is 0.372. The van der Waals surface area contributed by atoms with E-state index in [0.29, 0.717) is 16.5 Å². The zero-order valence-electron chi connectivity index (χ0n) is 13.1. The lowest BCUT2D eigenvalue weighted by molar-refractivity contribution is 0.405. The number of hydrogen-bond donors (Lipinski definition) is 1. The minimum absolute atomic E-state index is 0.0238. The Kier molecular flexibility index (Phi) is 5.69. The zero-order chi connectivity index (χ0) is 17.9. The Bertz CT molecular complexity index is 855. The van der Waals surface area contributed by atoms with Gasteiger partial charge in [-0.3, -0.25) is 4.72 Å². The monoisotopic (exact) mass is 391 g/mol. The van der Waals surface area contributed by atoms with Gasteiger partial charge in [0, 0.05) is 12.1 Å². The van der Waals surface area contributed by atoms with Crippen molar-refractivity contribution in [2.75, 3.05) is 26.1 Å². The van der Waals surface area contributed by atoms with Crippen LogP contribution in [0.25, 0.3) is 0 Å². The van der Waals surface area contributed by atoms with E-state index in [-0.39, 0.29) is 21.4 Å². The smallest absolute Gasteiger partial charge is 0.262 e. The van der Waals surface area contributed by atoms with E-state index < -0.39 is 10.0 Å². The van der Waals surface area contributed by atoms with Crippen LogP contribution in [-0.2, 0) is 10.0 Å². The topological polar surface area (TPSA) is 73.9 Å². The third kappa shape index (κ3) is 3.80. The van der Waals surface area contributed by atoms with Gasteiger partial charge in [-0.05, 0) is 18.2 Å². The van der Waals surface area contributed by atoms with Crippen molar-refractivity contribution in [3.05, 3.63) is 40.4 Å². The summed E-state index contributed by atoms with van der Waals surface area (Å²) in [6.07, 6.45) is 0. The van der Waals surface area contributed by atoms with Crippen LogP contribution in [0.4, 0.5) is 5.69 Å². The minimum atomic E-state index is -3.90. The molecule has 6 nitrogen and oxygen atoms in total. The second kappa shape index (κ2) is 7.38. The fraction of sp³-hybridized carbons (Fsp3) is 0.200. The molecule has 0 aliphatic rings. The van der Waals surface area contributed by atoms with Crippen LogP contribution in [0, 0.1) is 0 Å². The molecule has 0 saturated heterocycles. The molecule has 0 aromatic heterocycles. The Morgan fingerprint density at radius 2 is 1.42 bits per heavy atom. The van der Waals surface area contributed by atoms with Crippen molar-refractivity contribution in [2.45, 2.75) is 4.90 Å². The highest BCUT2D eigenvalue weighted by Crippen LogP contribution is 2.37. The summed E-state index contributed by atoms with van der Waals surface area (Å²) in [6.45, 7) is 0. The first-order chi connectivity index (χ1) is 11.3. The molecule has 0 spiro atoms. The molecular weight excluding hydrogens is 377 g/mol. The van der Waals surface area contributed by atoms with Crippen LogP contribution in [0.15, 0.2) is 35.2 Å². The van der Waals surface area contributed by atoms with Crippen LogP contribution in [0.2, 0.25) is 10.0 Å². The number of nitrogens with one attached hydrogen (secondary N) is 1. The molecule has 0 bridgehead atoms. The Hall–Kier alpha value is -1.83. The fourth-order valence-corrected chi connectivity index (χ4v) is 3.60. The van der Waals surface area contributed by atoms with Gasteiger partial charge in [0.25, 0.3) is 10.0 Å². The molecule has 2 rings (SSSR count). The third-order valence-electron chi connectivity index (χ3n) is 3.15. The standard InChI is InChI=1S/C15H15Cl2NO5S/c1-21-13-5-4-9(6-10(13)16)24(19,20)18-12-8-14(22-2)11(17)7-15(12)23-3/h4-8,18H,1-3H3. The van der Waals surface area contributed by atoms with Gasteiger partial charge in [0.2, 0.25) is 0 Å². The maximum Gasteiger partial charge on any atom is 0.262 e. The van der Waals surface area contributed by atoms with E-state index in [4.69, 9.17) is 37.4 Å². The third-order valence-corrected chi connectivity index (χ3v) is 5.11. The van der Waals surface area contributed by atoms with Crippen LogP contribution < -0.4 is 18.9 Å². The normalized spacial score (nSPS) is 11.0. The maximum absolute atomic E-state index is 12.6. The second-order valence-electron chi connectivity index (χ2n) is 4.59. The first kappa shape index (κ1) is 18.5. The predicted molar refractivity (Wildman–Crippen MR) is 93.4 cm³/mol. The lowest BCUT2D eigenvalue weighted by Gasteiger charge is -2.14. The van der Waals surface area contributed by atoms with Crippen LogP contribution in [0.3, 0.4) is 0 Å². The summed E-state index contributed by atoms with van der Waals surface area (Å²) >= 11 is 12.0. The van der Waals surface area contributed by atoms with Crippen LogP contribution in [-0.4, -0.2) is 29.7 Å². The SMILES string of the molecule is COc1ccc(S(=O)(=O)Nc2cc(OC)c(Cl)cc2OC)cc1Cl. The summed E-state index contributed by atoms with van der Waals surface area (Å²) in [6, 6.07) is 7.04. The number of hydrogen-bond acceptors (Lipinski definition) is 5. The largest absolute Gasteiger partial charge is 0.495 e. The van der Waals surface area contributed by atoms with Crippen LogP contribution in [0.1, 0.15) is 0 Å². The van der Waals surface area contributed by atoms with Gasteiger partial charge in [-0.15, -0.1) is 0 Å². The van der Waals surface area contributed by atoms with Gasteiger partial charge < -0.3 is 14.2 Å². The molecule has 2 aromatic carbocycles. The van der Waals surface area contributed by atoms with Gasteiger partial charge in [-0.1, -0.05) is 23.2 Å². The number of benzene rings is 2. The van der Waals surface area contributed by atoms with Gasteiger partial charge in [0.1, 0.15) is 17.2 Å². The zero-order valence-corrected chi connectivity index (χ0v) is 15.4. The average molecular weight is 392 g/mol. The number of ether oxygens (including phenoxy) is 3. The molecule has 0 atom stereocenters. The van der Waals surface area contributed by atoms with Crippen LogP contribution >= 0.6 is 23.2 Å². The number of sulfonamides is 1. The van der Waals surface area contributed by atoms with E-state index in [0.717, 1.165) is 0 Å². The van der Waals surface area contributed by atoms with E-state index >= 15 is 0 Å². The van der Waals surface area contributed by atoms with Crippen molar-refractivity contribution in [3.8, 4) is 17.2 Å². The van der Waals surface area contributed by atoms with E-state index in [1.807, 2.05) is 0 Å². The number of anilines is 1. The van der Waals surface area contributed by atoms with Crippen molar-refractivity contribution >= 4 is 38.9 Å². The second-order valence-corrected chi connectivity index (χ2v) is 7.09. The van der Waals surface area contributed by atoms with Gasteiger partial charge in [0.15, 0.2) is 0 Å². The van der Waals surface area contributed by atoms with E-state index in [2.05, 4.69) is 4.72 Å². The molecule has 130 valence electrons. The summed E-state index contributed by atoms with van der Waals surface area (Å²) in [5.74, 6) is 0.938. The molecule has 0 radical (unpaired) electrons. The van der Waals surface area contributed by atoms with Gasteiger partial charge in [-0.25, -0.2) is 8.42 Å². The lowest BCUT2D eigenvalue weighted by Crippen LogP contribution is -2.14. The molecule has 0 aliphatic heterocycles. The lowest BCUT2D eigenvalue weighted by atomic mass is 10.3. The van der Waals surface area contributed by atoms with Crippen molar-refractivity contribution in [1.82, 2.24) is 0 Å². The Morgan fingerprint density at radius 3 is 1.96 bits per heavy atom. The number of rotatable bonds is 6. The predicted octanol–water partition coefficient (Wildman–Crippen LogP) is 3.82. The molecule has 1 N–H and O–H groups in total. The first-order valence-electron chi connectivity index (χ1n) is 6.60. The van der Waals surface area contributed by atoms with Crippen LogP contribution in [0.5, 0.6) is 17.2 Å². The summed E-state index contributed by atoms with van der Waals surface area (Å²) in [5.41, 5.74) is 0.186. The molecular formula is C15H15Cl2NO5S. The highest BCUT2D eigenvalue weighted by atomic mass is 35.5. The molecule has 9 heteroatoms. The summed E-state index contributed by atoms with van der Waals surface area (Å²) in [5, 5.41) is 0.478.